The van der Waals surface area contributed by atoms with Gasteiger partial charge in [0.25, 0.3) is 0 Å². The summed E-state index contributed by atoms with van der Waals surface area (Å²) in [6.45, 7) is 0.317. The zero-order valence-electron chi connectivity index (χ0n) is 10.0. The van der Waals surface area contributed by atoms with Crippen molar-refractivity contribution < 1.29 is 4.79 Å². The Balaban J connectivity index is 2.05. The Labute approximate surface area is 107 Å². The maximum Gasteiger partial charge on any atom is 0.220 e. The van der Waals surface area contributed by atoms with Crippen molar-refractivity contribution in [3.8, 4) is 12.3 Å². The highest BCUT2D eigenvalue weighted by Gasteiger charge is 2.30. The van der Waals surface area contributed by atoms with Crippen molar-refractivity contribution in [3.05, 3.63) is 0 Å². The second kappa shape index (κ2) is 7.59. The Morgan fingerprint density at radius 1 is 1.47 bits per heavy atom. The number of nitrogens with two attached hydrogens (primary N) is 2. The summed E-state index contributed by atoms with van der Waals surface area (Å²) in [6.07, 6.45) is 8.53. The van der Waals surface area contributed by atoms with Crippen molar-refractivity contribution in [1.82, 2.24) is 5.32 Å². The van der Waals surface area contributed by atoms with Crippen molar-refractivity contribution in [3.63, 3.8) is 0 Å². The van der Waals surface area contributed by atoms with E-state index in [9.17, 15) is 4.79 Å². The van der Waals surface area contributed by atoms with E-state index in [4.69, 9.17) is 17.9 Å². The molecule has 0 bridgehead atoms. The SMILES string of the molecule is C#CCNC(=O)CCCCC1SCC(N)C1N. The normalized spacial score (nSPS) is 27.7. The molecule has 4 nitrogen and oxygen atoms in total. The molecular weight excluding hydrogens is 234 g/mol. The first kappa shape index (κ1) is 14.4. The van der Waals surface area contributed by atoms with E-state index in [1.54, 1.807) is 0 Å². The molecule has 1 heterocycles. The molecule has 0 saturated carbocycles. The molecular formula is C12H21N3OS. The lowest BCUT2D eigenvalue weighted by Gasteiger charge is -2.16. The summed E-state index contributed by atoms with van der Waals surface area (Å²) in [7, 11) is 0. The molecule has 17 heavy (non-hydrogen) atoms. The molecule has 3 unspecified atom stereocenters. The number of hydrogen-bond acceptors (Lipinski definition) is 4. The minimum atomic E-state index is 0.0306. The molecule has 0 aliphatic carbocycles. The lowest BCUT2D eigenvalue weighted by molar-refractivity contribution is -0.120. The first-order valence-corrected chi connectivity index (χ1v) is 7.03. The van der Waals surface area contributed by atoms with Crippen LogP contribution in [0.3, 0.4) is 0 Å². The smallest absolute Gasteiger partial charge is 0.220 e. The Hall–Kier alpha value is -0.700. The van der Waals surface area contributed by atoms with Crippen LogP contribution < -0.4 is 16.8 Å². The molecule has 0 aromatic heterocycles. The number of hydrogen-bond donors (Lipinski definition) is 3. The van der Waals surface area contributed by atoms with Crippen molar-refractivity contribution in [2.45, 2.75) is 43.0 Å². The summed E-state index contributed by atoms with van der Waals surface area (Å²) in [5.74, 6) is 3.36. The van der Waals surface area contributed by atoms with E-state index in [-0.39, 0.29) is 18.0 Å². The third-order valence-electron chi connectivity index (χ3n) is 2.96. The molecule has 1 saturated heterocycles. The van der Waals surface area contributed by atoms with Gasteiger partial charge in [-0.1, -0.05) is 12.3 Å². The summed E-state index contributed by atoms with van der Waals surface area (Å²) in [4.78, 5) is 11.3. The van der Waals surface area contributed by atoms with Gasteiger partial charge in [-0.3, -0.25) is 4.79 Å². The van der Waals surface area contributed by atoms with E-state index < -0.39 is 0 Å². The molecule has 1 amide bonds. The predicted molar refractivity (Wildman–Crippen MR) is 72.5 cm³/mol. The number of nitrogens with one attached hydrogen (secondary N) is 1. The van der Waals surface area contributed by atoms with Gasteiger partial charge in [0, 0.05) is 29.5 Å². The molecule has 0 radical (unpaired) electrons. The van der Waals surface area contributed by atoms with E-state index in [1.807, 2.05) is 11.8 Å². The molecule has 1 aliphatic heterocycles. The molecule has 1 rings (SSSR count). The Morgan fingerprint density at radius 2 is 2.24 bits per heavy atom. The average molecular weight is 255 g/mol. The lowest BCUT2D eigenvalue weighted by atomic mass is 10.0. The number of carbonyl (C=O) groups excluding carboxylic acids is 1. The van der Waals surface area contributed by atoms with Crippen LogP contribution in [0.1, 0.15) is 25.7 Å². The summed E-state index contributed by atoms with van der Waals surface area (Å²) in [5.41, 5.74) is 11.8. The van der Waals surface area contributed by atoms with Crippen LogP contribution in [0.4, 0.5) is 0 Å². The first-order chi connectivity index (χ1) is 8.15. The Bertz CT molecular complexity index is 290. The molecule has 96 valence electrons. The van der Waals surface area contributed by atoms with Gasteiger partial charge in [0.05, 0.1) is 6.54 Å². The van der Waals surface area contributed by atoms with Crippen LogP contribution in [0.15, 0.2) is 0 Å². The number of rotatable bonds is 6. The number of amides is 1. The number of carbonyl (C=O) groups is 1. The monoisotopic (exact) mass is 255 g/mol. The minimum absolute atomic E-state index is 0.0306. The summed E-state index contributed by atoms with van der Waals surface area (Å²) in [5, 5.41) is 3.11. The minimum Gasteiger partial charge on any atom is -0.345 e. The van der Waals surface area contributed by atoms with Crippen molar-refractivity contribution in [2.75, 3.05) is 12.3 Å². The third-order valence-corrected chi connectivity index (χ3v) is 4.51. The lowest BCUT2D eigenvalue weighted by Crippen LogP contribution is -2.43. The zero-order chi connectivity index (χ0) is 12.7. The number of unbranched alkanes of at least 4 members (excludes halogenated alkanes) is 1. The molecule has 5 N–H and O–H groups in total. The van der Waals surface area contributed by atoms with E-state index >= 15 is 0 Å². The van der Waals surface area contributed by atoms with Gasteiger partial charge in [0.15, 0.2) is 0 Å². The Kier molecular flexibility index (Phi) is 6.41. The highest BCUT2D eigenvalue weighted by molar-refractivity contribution is 8.00. The largest absolute Gasteiger partial charge is 0.345 e. The van der Waals surface area contributed by atoms with Crippen LogP contribution in [0.25, 0.3) is 0 Å². The van der Waals surface area contributed by atoms with Crippen molar-refractivity contribution in [1.29, 1.82) is 0 Å². The van der Waals surface area contributed by atoms with Crippen molar-refractivity contribution in [2.24, 2.45) is 11.5 Å². The standard InChI is InChI=1S/C12H21N3OS/c1-2-7-15-11(16)6-4-3-5-10-12(14)9(13)8-17-10/h1,9-10,12H,3-8,13-14H2,(H,15,16). The summed E-state index contributed by atoms with van der Waals surface area (Å²) in [6, 6.07) is 0.235. The van der Waals surface area contributed by atoms with Crippen LogP contribution in [-0.4, -0.2) is 35.5 Å². The maximum absolute atomic E-state index is 11.3. The highest BCUT2D eigenvalue weighted by Crippen LogP contribution is 2.28. The maximum atomic E-state index is 11.3. The molecule has 1 aliphatic rings. The highest BCUT2D eigenvalue weighted by atomic mass is 32.2. The molecule has 3 atom stereocenters. The topological polar surface area (TPSA) is 81.1 Å². The summed E-state index contributed by atoms with van der Waals surface area (Å²) < 4.78 is 0. The van der Waals surface area contributed by atoms with Gasteiger partial charge in [-0.15, -0.1) is 6.42 Å². The number of terminal acetylenes is 1. The molecule has 5 heteroatoms. The Morgan fingerprint density at radius 3 is 2.82 bits per heavy atom. The van der Waals surface area contributed by atoms with Gasteiger partial charge in [-0.25, -0.2) is 0 Å². The molecule has 0 spiro atoms. The molecule has 1 fully saturated rings. The van der Waals surface area contributed by atoms with Gasteiger partial charge >= 0.3 is 0 Å². The fourth-order valence-electron chi connectivity index (χ4n) is 1.88. The van der Waals surface area contributed by atoms with Crippen LogP contribution in [-0.2, 0) is 4.79 Å². The van der Waals surface area contributed by atoms with E-state index in [0.717, 1.165) is 25.0 Å². The van der Waals surface area contributed by atoms with E-state index in [2.05, 4.69) is 11.2 Å². The van der Waals surface area contributed by atoms with Crippen LogP contribution in [0, 0.1) is 12.3 Å². The van der Waals surface area contributed by atoms with Gasteiger partial charge < -0.3 is 16.8 Å². The summed E-state index contributed by atoms with van der Waals surface area (Å²) >= 11 is 1.85. The number of thioether (sulfide) groups is 1. The van der Waals surface area contributed by atoms with Gasteiger partial charge in [-0.05, 0) is 12.8 Å². The fraction of sp³-hybridized carbons (Fsp3) is 0.750. The first-order valence-electron chi connectivity index (χ1n) is 5.98. The molecule has 0 aromatic carbocycles. The van der Waals surface area contributed by atoms with E-state index in [0.29, 0.717) is 18.2 Å². The van der Waals surface area contributed by atoms with Crippen LogP contribution in [0.2, 0.25) is 0 Å². The fourth-order valence-corrected chi connectivity index (χ4v) is 3.33. The predicted octanol–water partition coefficient (Wildman–Crippen LogP) is 0.0662. The average Bonchev–Trinajstić information content (AvgIpc) is 2.63. The van der Waals surface area contributed by atoms with Gasteiger partial charge in [-0.2, -0.15) is 11.8 Å². The zero-order valence-corrected chi connectivity index (χ0v) is 10.8. The van der Waals surface area contributed by atoms with Gasteiger partial charge in [0.2, 0.25) is 5.91 Å². The molecule has 0 aromatic rings. The van der Waals surface area contributed by atoms with Crippen LogP contribution >= 0.6 is 11.8 Å². The van der Waals surface area contributed by atoms with E-state index in [1.165, 1.54) is 0 Å². The van der Waals surface area contributed by atoms with Crippen LogP contribution in [0.5, 0.6) is 0 Å². The second-order valence-electron chi connectivity index (χ2n) is 4.34. The quantitative estimate of drug-likeness (QED) is 0.463. The van der Waals surface area contributed by atoms with Crippen molar-refractivity contribution >= 4 is 17.7 Å². The van der Waals surface area contributed by atoms with Gasteiger partial charge in [0.1, 0.15) is 0 Å². The second-order valence-corrected chi connectivity index (χ2v) is 5.61. The third kappa shape index (κ3) is 4.99.